The van der Waals surface area contributed by atoms with Crippen LogP contribution in [0.2, 0.25) is 0 Å². The quantitative estimate of drug-likeness (QED) is 0.824. The summed E-state index contributed by atoms with van der Waals surface area (Å²) in [4.78, 5) is 21.6. The molecule has 4 rings (SSSR count). The van der Waals surface area contributed by atoms with Gasteiger partial charge in [-0.3, -0.25) is 4.79 Å². The van der Waals surface area contributed by atoms with Gasteiger partial charge in [0.05, 0.1) is 11.5 Å². The second-order valence-electron chi connectivity index (χ2n) is 7.58. The summed E-state index contributed by atoms with van der Waals surface area (Å²) in [6, 6.07) is 4.90. The first-order valence-electron chi connectivity index (χ1n) is 10.0. The first-order valence-corrected chi connectivity index (χ1v) is 11.2. The van der Waals surface area contributed by atoms with Gasteiger partial charge in [0.1, 0.15) is 11.3 Å². The number of hydrogen-bond donors (Lipinski definition) is 1. The number of pyridine rings is 1. The number of carbonyl (C=O) groups is 1. The van der Waals surface area contributed by atoms with Crippen LogP contribution in [0.4, 0.5) is 0 Å². The molecule has 0 bridgehead atoms. The summed E-state index contributed by atoms with van der Waals surface area (Å²) in [6.07, 6.45) is 13.0. The molecule has 1 N–H and O–H groups in total. The molecule has 0 aromatic carbocycles. The van der Waals surface area contributed by atoms with Gasteiger partial charge < -0.3 is 9.88 Å². The molecule has 2 aromatic rings. The Hall–Kier alpha value is -1.56. The third-order valence-electron chi connectivity index (χ3n) is 5.65. The Labute approximate surface area is 159 Å². The van der Waals surface area contributed by atoms with E-state index < -0.39 is 0 Å². The van der Waals surface area contributed by atoms with Crippen LogP contribution in [0.5, 0.6) is 0 Å². The Kier molecular flexibility index (Phi) is 5.78. The number of nitrogens with one attached hydrogen (secondary N) is 1. The molecule has 26 heavy (non-hydrogen) atoms. The second kappa shape index (κ2) is 8.42. The molecule has 2 aliphatic rings. The average molecular weight is 373 g/mol. The predicted molar refractivity (Wildman–Crippen MR) is 106 cm³/mol. The Bertz CT molecular complexity index is 747. The summed E-state index contributed by atoms with van der Waals surface area (Å²) in [6.45, 7) is 0. The zero-order chi connectivity index (χ0) is 17.8. The lowest BCUT2D eigenvalue weighted by Gasteiger charge is -2.25. The average Bonchev–Trinajstić information content (AvgIpc) is 3.29. The number of aromatic nitrogens is 3. The summed E-state index contributed by atoms with van der Waals surface area (Å²) >= 11 is 1.67. The van der Waals surface area contributed by atoms with Crippen LogP contribution in [-0.4, -0.2) is 32.2 Å². The summed E-state index contributed by atoms with van der Waals surface area (Å²) in [5.41, 5.74) is 1.98. The molecule has 6 heteroatoms. The third kappa shape index (κ3) is 4.05. The van der Waals surface area contributed by atoms with Crippen LogP contribution in [0.25, 0.3) is 11.2 Å². The van der Waals surface area contributed by atoms with Crippen LogP contribution < -0.4 is 5.32 Å². The lowest BCUT2D eigenvalue weighted by molar-refractivity contribution is -0.119. The van der Waals surface area contributed by atoms with Crippen molar-refractivity contribution in [3.05, 3.63) is 24.2 Å². The fraction of sp³-hybridized carbons (Fsp3) is 0.650. The van der Waals surface area contributed by atoms with Gasteiger partial charge in [0.15, 0.2) is 5.65 Å². The molecule has 2 fully saturated rings. The van der Waals surface area contributed by atoms with E-state index in [1.165, 1.54) is 44.9 Å². The number of hydrogen-bond acceptors (Lipinski definition) is 4. The van der Waals surface area contributed by atoms with Gasteiger partial charge in [-0.25, -0.2) is 9.97 Å². The van der Waals surface area contributed by atoms with Crippen molar-refractivity contribution < 1.29 is 4.79 Å². The van der Waals surface area contributed by atoms with Crippen LogP contribution in [-0.2, 0) is 10.5 Å². The Balaban J connectivity index is 1.42. The minimum absolute atomic E-state index is 0.167. The largest absolute Gasteiger partial charge is 0.353 e. The molecule has 0 unspecified atom stereocenters. The summed E-state index contributed by atoms with van der Waals surface area (Å²) in [5.74, 6) is 2.52. The molecule has 2 aliphatic carbocycles. The molecule has 2 saturated carbocycles. The van der Waals surface area contributed by atoms with E-state index in [4.69, 9.17) is 4.98 Å². The van der Waals surface area contributed by atoms with Gasteiger partial charge in [0, 0.05) is 18.3 Å². The molecular weight excluding hydrogens is 344 g/mol. The molecule has 0 spiro atoms. The van der Waals surface area contributed by atoms with E-state index >= 15 is 0 Å². The zero-order valence-corrected chi connectivity index (χ0v) is 16.1. The maximum atomic E-state index is 12.2. The maximum absolute atomic E-state index is 12.2. The van der Waals surface area contributed by atoms with E-state index in [1.807, 2.05) is 18.3 Å². The van der Waals surface area contributed by atoms with E-state index in [2.05, 4.69) is 14.9 Å². The van der Waals surface area contributed by atoms with E-state index in [0.29, 0.717) is 17.8 Å². The smallest absolute Gasteiger partial charge is 0.230 e. The van der Waals surface area contributed by atoms with Crippen LogP contribution in [0.15, 0.2) is 18.3 Å². The van der Waals surface area contributed by atoms with Crippen LogP contribution >= 0.6 is 11.8 Å². The lowest BCUT2D eigenvalue weighted by atomic mass is 9.95. The van der Waals surface area contributed by atoms with Gasteiger partial charge in [-0.15, -0.1) is 11.8 Å². The number of nitrogens with zero attached hydrogens (tertiary/aromatic N) is 3. The van der Waals surface area contributed by atoms with E-state index in [-0.39, 0.29) is 5.91 Å². The van der Waals surface area contributed by atoms with Crippen molar-refractivity contribution in [2.24, 2.45) is 0 Å². The van der Waals surface area contributed by atoms with Gasteiger partial charge in [0.25, 0.3) is 0 Å². The lowest BCUT2D eigenvalue weighted by Crippen LogP contribution is -2.33. The minimum Gasteiger partial charge on any atom is -0.353 e. The molecule has 2 heterocycles. The van der Waals surface area contributed by atoms with Crippen molar-refractivity contribution in [3.8, 4) is 0 Å². The molecule has 0 saturated heterocycles. The molecule has 0 radical (unpaired) electrons. The normalized spacial score (nSPS) is 19.2. The van der Waals surface area contributed by atoms with Gasteiger partial charge in [-0.2, -0.15) is 0 Å². The van der Waals surface area contributed by atoms with Gasteiger partial charge >= 0.3 is 0 Å². The predicted octanol–water partition coefficient (Wildman–Crippen LogP) is 4.23. The molecule has 2 aromatic heterocycles. The van der Waals surface area contributed by atoms with Crippen LogP contribution in [0, 0.1) is 0 Å². The van der Waals surface area contributed by atoms with Gasteiger partial charge in [-0.05, 0) is 37.8 Å². The number of imidazole rings is 1. The SMILES string of the molecule is O=C(CSCc1nc2cccnc2n1C1CCCCC1)NC1CCCC1. The van der Waals surface area contributed by atoms with Crippen molar-refractivity contribution in [1.82, 2.24) is 19.9 Å². The Morgan fingerprint density at radius 2 is 1.92 bits per heavy atom. The highest BCUT2D eigenvalue weighted by Crippen LogP contribution is 2.32. The van der Waals surface area contributed by atoms with Crippen molar-refractivity contribution in [1.29, 1.82) is 0 Å². The zero-order valence-electron chi connectivity index (χ0n) is 15.3. The van der Waals surface area contributed by atoms with Crippen molar-refractivity contribution in [3.63, 3.8) is 0 Å². The van der Waals surface area contributed by atoms with E-state index in [9.17, 15) is 4.79 Å². The molecule has 0 atom stereocenters. The number of rotatable bonds is 6. The van der Waals surface area contributed by atoms with Crippen molar-refractivity contribution in [2.75, 3.05) is 5.75 Å². The topological polar surface area (TPSA) is 59.8 Å². The third-order valence-corrected chi connectivity index (χ3v) is 6.57. The van der Waals surface area contributed by atoms with Crippen LogP contribution in [0.1, 0.15) is 69.7 Å². The maximum Gasteiger partial charge on any atom is 0.230 e. The Morgan fingerprint density at radius 1 is 1.15 bits per heavy atom. The van der Waals surface area contributed by atoms with E-state index in [1.54, 1.807) is 11.8 Å². The van der Waals surface area contributed by atoms with Gasteiger partial charge in [0.2, 0.25) is 5.91 Å². The van der Waals surface area contributed by atoms with Crippen molar-refractivity contribution in [2.45, 2.75) is 75.6 Å². The summed E-state index contributed by atoms with van der Waals surface area (Å²) in [5, 5.41) is 3.17. The summed E-state index contributed by atoms with van der Waals surface area (Å²) in [7, 11) is 0. The first-order chi connectivity index (χ1) is 12.8. The monoisotopic (exact) mass is 372 g/mol. The number of carbonyl (C=O) groups excluding carboxylic acids is 1. The fourth-order valence-corrected chi connectivity index (χ4v) is 5.13. The Morgan fingerprint density at radius 3 is 2.73 bits per heavy atom. The van der Waals surface area contributed by atoms with Gasteiger partial charge in [-0.1, -0.05) is 32.1 Å². The standard InChI is InChI=1S/C20H28N4OS/c25-19(22-15-7-4-5-8-15)14-26-13-18-23-17-11-6-12-21-20(17)24(18)16-9-2-1-3-10-16/h6,11-12,15-16H,1-5,7-10,13-14H2,(H,22,25). The number of amides is 1. The molecular formula is C20H28N4OS. The van der Waals surface area contributed by atoms with Crippen molar-refractivity contribution >= 4 is 28.8 Å². The van der Waals surface area contributed by atoms with E-state index in [0.717, 1.165) is 35.6 Å². The highest BCUT2D eigenvalue weighted by Gasteiger charge is 2.22. The first kappa shape index (κ1) is 17.8. The molecule has 0 aliphatic heterocycles. The second-order valence-corrected chi connectivity index (χ2v) is 8.56. The molecule has 1 amide bonds. The molecule has 140 valence electrons. The number of fused-ring (bicyclic) bond motifs is 1. The molecule has 5 nitrogen and oxygen atoms in total. The highest BCUT2D eigenvalue weighted by atomic mass is 32.2. The minimum atomic E-state index is 0.167. The highest BCUT2D eigenvalue weighted by molar-refractivity contribution is 7.99. The fourth-order valence-electron chi connectivity index (χ4n) is 4.38. The summed E-state index contributed by atoms with van der Waals surface area (Å²) < 4.78 is 2.36. The van der Waals surface area contributed by atoms with Crippen LogP contribution in [0.3, 0.4) is 0 Å². The number of thioether (sulfide) groups is 1.